The van der Waals surface area contributed by atoms with E-state index in [1.54, 1.807) is 26.2 Å². The summed E-state index contributed by atoms with van der Waals surface area (Å²) >= 11 is 1.59. The van der Waals surface area contributed by atoms with Gasteiger partial charge in [0, 0.05) is 29.0 Å². The predicted octanol–water partition coefficient (Wildman–Crippen LogP) is 5.57. The van der Waals surface area contributed by atoms with E-state index in [2.05, 4.69) is 35.2 Å². The van der Waals surface area contributed by atoms with Crippen LogP contribution in [0, 0.1) is 6.92 Å². The summed E-state index contributed by atoms with van der Waals surface area (Å²) in [5.74, 6) is 0.473. The van der Waals surface area contributed by atoms with Gasteiger partial charge in [0.05, 0.1) is 19.7 Å². The lowest BCUT2D eigenvalue weighted by atomic mass is 10.1. The van der Waals surface area contributed by atoms with Crippen LogP contribution in [0.1, 0.15) is 31.4 Å². The lowest BCUT2D eigenvalue weighted by molar-refractivity contribution is -0.136. The highest BCUT2D eigenvalue weighted by molar-refractivity contribution is 7.98. The van der Waals surface area contributed by atoms with E-state index in [0.29, 0.717) is 17.9 Å². The highest BCUT2D eigenvalue weighted by Crippen LogP contribution is 2.37. The molecule has 0 saturated heterocycles. The Kier molecular flexibility index (Phi) is 7.81. The Labute approximate surface area is 170 Å². The van der Waals surface area contributed by atoms with E-state index in [0.717, 1.165) is 21.4 Å². The van der Waals surface area contributed by atoms with Gasteiger partial charge in [-0.25, -0.2) is 0 Å². The number of benzene rings is 2. The maximum absolute atomic E-state index is 11.0. The number of aliphatic carboxylic acids is 1. The minimum atomic E-state index is -0.808. The topological polar surface area (TPSA) is 60.7 Å². The molecule has 28 heavy (non-hydrogen) atoms. The van der Waals surface area contributed by atoms with Crippen LogP contribution in [0.3, 0.4) is 0 Å². The zero-order valence-corrected chi connectivity index (χ0v) is 17.8. The highest BCUT2D eigenvalue weighted by atomic mass is 32.2. The second-order valence-electron chi connectivity index (χ2n) is 6.00. The van der Waals surface area contributed by atoms with Crippen LogP contribution in [0.5, 0.6) is 11.5 Å². The van der Waals surface area contributed by atoms with Crippen molar-refractivity contribution < 1.29 is 19.4 Å². The van der Waals surface area contributed by atoms with Crippen molar-refractivity contribution in [1.29, 1.82) is 0 Å². The third-order valence-corrected chi connectivity index (χ3v) is 5.17. The van der Waals surface area contributed by atoms with E-state index in [9.17, 15) is 4.79 Å². The lowest BCUT2D eigenvalue weighted by Gasteiger charge is -2.10. The Morgan fingerprint density at radius 2 is 1.68 bits per heavy atom. The smallest absolute Gasteiger partial charge is 0.303 e. The summed E-state index contributed by atoms with van der Waals surface area (Å²) < 4.78 is 12.9. The van der Waals surface area contributed by atoms with Gasteiger partial charge in [0.2, 0.25) is 0 Å². The molecule has 0 aliphatic heterocycles. The Balaban J connectivity index is 0.00000136. The average molecular weight is 402 g/mol. The SMILES string of the molecule is CC.COc1cc2c(CCC(=O)O)cn(Sc3ccc(C)cc3)c2cc1OC. The lowest BCUT2D eigenvalue weighted by Crippen LogP contribution is -1.97. The molecule has 0 saturated carbocycles. The normalized spacial score (nSPS) is 10.3. The number of carboxylic acids is 1. The largest absolute Gasteiger partial charge is 0.493 e. The van der Waals surface area contributed by atoms with Crippen LogP contribution >= 0.6 is 11.9 Å². The number of fused-ring (bicyclic) bond motifs is 1. The zero-order valence-electron chi connectivity index (χ0n) is 17.0. The van der Waals surface area contributed by atoms with Gasteiger partial charge in [-0.1, -0.05) is 31.5 Å². The third-order valence-electron chi connectivity index (χ3n) is 4.19. The van der Waals surface area contributed by atoms with Crippen molar-refractivity contribution in [2.24, 2.45) is 0 Å². The van der Waals surface area contributed by atoms with Gasteiger partial charge < -0.3 is 14.6 Å². The van der Waals surface area contributed by atoms with Gasteiger partial charge in [-0.05, 0) is 49.1 Å². The quantitative estimate of drug-likeness (QED) is 0.561. The molecule has 0 bridgehead atoms. The molecule has 0 radical (unpaired) electrons. The van der Waals surface area contributed by atoms with Crippen LogP contribution in [0.2, 0.25) is 0 Å². The predicted molar refractivity (Wildman–Crippen MR) is 115 cm³/mol. The molecule has 1 N–H and O–H groups in total. The maximum Gasteiger partial charge on any atom is 0.303 e. The monoisotopic (exact) mass is 401 g/mol. The maximum atomic E-state index is 11.0. The Morgan fingerprint density at radius 3 is 2.25 bits per heavy atom. The fraction of sp³-hybridized carbons (Fsp3) is 0.318. The molecule has 3 aromatic rings. The van der Waals surface area contributed by atoms with Gasteiger partial charge in [0.1, 0.15) is 0 Å². The van der Waals surface area contributed by atoms with Gasteiger partial charge in [0.15, 0.2) is 11.5 Å². The molecule has 0 aliphatic rings. The van der Waals surface area contributed by atoms with Gasteiger partial charge in [-0.15, -0.1) is 0 Å². The van der Waals surface area contributed by atoms with E-state index in [1.807, 2.05) is 32.2 Å². The van der Waals surface area contributed by atoms with Crippen molar-refractivity contribution in [2.45, 2.75) is 38.5 Å². The second kappa shape index (κ2) is 10.1. The highest BCUT2D eigenvalue weighted by Gasteiger charge is 2.15. The number of hydrogen-bond acceptors (Lipinski definition) is 4. The molecule has 2 aromatic carbocycles. The van der Waals surface area contributed by atoms with E-state index in [4.69, 9.17) is 14.6 Å². The number of hydrogen-bond donors (Lipinski definition) is 1. The van der Waals surface area contributed by atoms with Crippen LogP contribution in [0.25, 0.3) is 10.9 Å². The first-order valence-electron chi connectivity index (χ1n) is 9.24. The van der Waals surface area contributed by atoms with Crippen molar-refractivity contribution in [1.82, 2.24) is 3.97 Å². The molecule has 1 heterocycles. The molecule has 1 aromatic heterocycles. The molecule has 0 spiro atoms. The Hall–Kier alpha value is -2.60. The van der Waals surface area contributed by atoms with Crippen LogP contribution in [-0.4, -0.2) is 29.3 Å². The number of rotatable bonds is 7. The van der Waals surface area contributed by atoms with Gasteiger partial charge in [0.25, 0.3) is 0 Å². The van der Waals surface area contributed by atoms with Gasteiger partial charge in [-0.2, -0.15) is 0 Å². The number of carbonyl (C=O) groups is 1. The second-order valence-corrected chi connectivity index (χ2v) is 7.05. The average Bonchev–Trinajstić information content (AvgIpc) is 3.05. The minimum Gasteiger partial charge on any atom is -0.493 e. The molecule has 0 unspecified atom stereocenters. The van der Waals surface area contributed by atoms with E-state index in [-0.39, 0.29) is 6.42 Å². The van der Waals surface area contributed by atoms with Gasteiger partial charge >= 0.3 is 5.97 Å². The third kappa shape index (κ3) is 5.01. The van der Waals surface area contributed by atoms with Crippen molar-refractivity contribution in [3.05, 3.63) is 53.7 Å². The minimum absolute atomic E-state index is 0.0860. The molecule has 6 heteroatoms. The Morgan fingerprint density at radius 1 is 1.07 bits per heavy atom. The molecular weight excluding hydrogens is 374 g/mol. The number of aromatic nitrogens is 1. The summed E-state index contributed by atoms with van der Waals surface area (Å²) in [7, 11) is 3.20. The number of ether oxygens (including phenoxy) is 2. The number of aryl methyl sites for hydroxylation is 2. The van der Waals surface area contributed by atoms with Crippen LogP contribution in [0.15, 0.2) is 47.5 Å². The number of methoxy groups -OCH3 is 2. The first kappa shape index (κ1) is 21.7. The van der Waals surface area contributed by atoms with Crippen molar-refractivity contribution >= 4 is 28.8 Å². The molecule has 0 amide bonds. The van der Waals surface area contributed by atoms with Crippen LogP contribution < -0.4 is 9.47 Å². The van der Waals surface area contributed by atoms with Crippen LogP contribution in [0.4, 0.5) is 0 Å². The first-order valence-corrected chi connectivity index (χ1v) is 10.0. The summed E-state index contributed by atoms with van der Waals surface area (Å²) in [5.41, 5.74) is 3.15. The number of carboxylic acid groups (broad SMARTS) is 1. The first-order chi connectivity index (χ1) is 13.5. The van der Waals surface area contributed by atoms with Crippen molar-refractivity contribution in [3.8, 4) is 11.5 Å². The number of nitrogens with zero attached hydrogens (tertiary/aromatic N) is 1. The van der Waals surface area contributed by atoms with Gasteiger partial charge in [-0.3, -0.25) is 8.77 Å². The molecule has 3 rings (SSSR count). The zero-order chi connectivity index (χ0) is 20.7. The molecule has 150 valence electrons. The van der Waals surface area contributed by atoms with Crippen molar-refractivity contribution in [2.75, 3.05) is 14.2 Å². The van der Waals surface area contributed by atoms with E-state index >= 15 is 0 Å². The summed E-state index contributed by atoms with van der Waals surface area (Å²) in [6.07, 6.45) is 2.54. The summed E-state index contributed by atoms with van der Waals surface area (Å²) in [4.78, 5) is 12.1. The van der Waals surface area contributed by atoms with E-state index in [1.165, 1.54) is 5.56 Å². The molecular formula is C22H27NO4S. The molecule has 0 fully saturated rings. The fourth-order valence-electron chi connectivity index (χ4n) is 2.82. The van der Waals surface area contributed by atoms with E-state index < -0.39 is 5.97 Å². The summed E-state index contributed by atoms with van der Waals surface area (Å²) in [6.45, 7) is 6.06. The fourth-order valence-corrected chi connectivity index (χ4v) is 3.73. The summed E-state index contributed by atoms with van der Waals surface area (Å²) in [5, 5.41) is 10.0. The molecule has 5 nitrogen and oxygen atoms in total. The standard InChI is InChI=1S/C20H21NO4S.C2H6/c1-13-4-7-15(8-5-13)26-21-12-14(6-9-20(22)23)16-10-18(24-2)19(25-3)11-17(16)21;1-2/h4-5,7-8,10-12H,6,9H2,1-3H3,(H,22,23);1-2H3. The molecule has 0 aliphatic carbocycles. The summed E-state index contributed by atoms with van der Waals surface area (Å²) in [6, 6.07) is 12.1. The van der Waals surface area contributed by atoms with Crippen molar-refractivity contribution in [3.63, 3.8) is 0 Å². The van der Waals surface area contributed by atoms with Crippen LogP contribution in [-0.2, 0) is 11.2 Å². The Bertz CT molecular complexity index is 932. The molecule has 0 atom stereocenters.